The molecule has 21 heavy (non-hydrogen) atoms. The van der Waals surface area contributed by atoms with Gasteiger partial charge in [0.25, 0.3) is 0 Å². The summed E-state index contributed by atoms with van der Waals surface area (Å²) in [5, 5.41) is 10.4. The van der Waals surface area contributed by atoms with E-state index in [-0.39, 0.29) is 12.3 Å². The molecule has 0 aliphatic carbocycles. The smallest absolute Gasteiger partial charge is 0.306 e. The predicted octanol–water partition coefficient (Wildman–Crippen LogP) is 4.14. The Kier molecular flexibility index (Phi) is 3.58. The maximum Gasteiger partial charge on any atom is 0.306 e. The lowest BCUT2D eigenvalue weighted by Gasteiger charge is -2.38. The number of fused-ring (bicyclic) bond motifs is 3. The molecular weight excluding hydrogens is 334 g/mol. The molecule has 0 amide bonds. The minimum Gasteiger partial charge on any atom is -0.481 e. The van der Waals surface area contributed by atoms with Gasteiger partial charge in [-0.2, -0.15) is 0 Å². The maximum absolute atomic E-state index is 11.3. The fourth-order valence-electron chi connectivity index (χ4n) is 3.30. The third kappa shape index (κ3) is 2.19. The molecule has 2 atom stereocenters. The van der Waals surface area contributed by atoms with Crippen LogP contribution in [0, 0.1) is 0 Å². The molecule has 4 nitrogen and oxygen atoms in total. The number of para-hydroxylation sites is 1. The average molecular weight is 352 g/mol. The third-order valence-electron chi connectivity index (χ3n) is 4.39. The molecule has 1 aromatic heterocycles. The summed E-state index contributed by atoms with van der Waals surface area (Å²) >= 11 is 3.57. The Balaban J connectivity index is 2.29. The molecule has 2 heterocycles. The van der Waals surface area contributed by atoms with Crippen LogP contribution in [0.3, 0.4) is 0 Å². The van der Waals surface area contributed by atoms with E-state index in [1.54, 1.807) is 0 Å². The van der Waals surface area contributed by atoms with Crippen LogP contribution < -0.4 is 0 Å². The van der Waals surface area contributed by atoms with E-state index in [4.69, 9.17) is 4.74 Å². The number of ether oxygens (including phenoxy) is 1. The van der Waals surface area contributed by atoms with Crippen molar-refractivity contribution in [3.63, 3.8) is 0 Å². The quantitative estimate of drug-likeness (QED) is 0.873. The molecule has 0 fully saturated rings. The van der Waals surface area contributed by atoms with Gasteiger partial charge in [0.2, 0.25) is 0 Å². The molecule has 5 heteroatoms. The number of benzene rings is 1. The Bertz CT molecular complexity index is 709. The van der Waals surface area contributed by atoms with Crippen LogP contribution in [0.1, 0.15) is 43.9 Å². The van der Waals surface area contributed by atoms with Crippen LogP contribution in [-0.4, -0.2) is 22.7 Å². The van der Waals surface area contributed by atoms with Crippen LogP contribution >= 0.6 is 15.9 Å². The highest BCUT2D eigenvalue weighted by atomic mass is 79.9. The van der Waals surface area contributed by atoms with Crippen molar-refractivity contribution >= 4 is 32.8 Å². The highest BCUT2D eigenvalue weighted by Gasteiger charge is 2.43. The highest BCUT2D eigenvalue weighted by Crippen LogP contribution is 2.46. The molecule has 2 aromatic rings. The van der Waals surface area contributed by atoms with Crippen LogP contribution in [0.15, 0.2) is 22.7 Å². The summed E-state index contributed by atoms with van der Waals surface area (Å²) in [7, 11) is 0. The van der Waals surface area contributed by atoms with E-state index < -0.39 is 11.6 Å². The number of hydrogen-bond acceptors (Lipinski definition) is 2. The van der Waals surface area contributed by atoms with Crippen molar-refractivity contribution in [1.82, 2.24) is 4.98 Å². The van der Waals surface area contributed by atoms with Crippen molar-refractivity contribution in [3.8, 4) is 0 Å². The van der Waals surface area contributed by atoms with Crippen molar-refractivity contribution in [3.05, 3.63) is 33.9 Å². The van der Waals surface area contributed by atoms with E-state index in [1.807, 2.05) is 19.1 Å². The molecule has 0 saturated carbocycles. The molecule has 0 radical (unpaired) electrons. The molecular formula is C16H18BrNO3. The lowest BCUT2D eigenvalue weighted by molar-refractivity contribution is -0.149. The fourth-order valence-corrected chi connectivity index (χ4v) is 3.77. The summed E-state index contributed by atoms with van der Waals surface area (Å²) in [6.45, 7) is 4.64. The normalized spacial score (nSPS) is 25.0. The molecule has 0 spiro atoms. The number of carboxylic acid groups (broad SMARTS) is 1. The van der Waals surface area contributed by atoms with E-state index in [2.05, 4.69) is 33.9 Å². The topological polar surface area (TPSA) is 62.3 Å². The van der Waals surface area contributed by atoms with Crippen LogP contribution in [0.25, 0.3) is 10.9 Å². The van der Waals surface area contributed by atoms with Crippen molar-refractivity contribution in [2.75, 3.05) is 6.61 Å². The third-order valence-corrected chi connectivity index (χ3v) is 5.05. The number of nitrogens with one attached hydrogen (secondary N) is 1. The zero-order valence-electron chi connectivity index (χ0n) is 12.1. The maximum atomic E-state index is 11.3. The number of carboxylic acids is 1. The van der Waals surface area contributed by atoms with E-state index in [0.717, 1.165) is 21.1 Å². The molecule has 2 N–H and O–H groups in total. The Hall–Kier alpha value is -1.33. The summed E-state index contributed by atoms with van der Waals surface area (Å²) in [6.07, 6.45) is 0.608. The zero-order chi connectivity index (χ0) is 15.2. The van der Waals surface area contributed by atoms with Crippen LogP contribution in [0.2, 0.25) is 0 Å². The minimum absolute atomic E-state index is 0.0202. The van der Waals surface area contributed by atoms with Crippen molar-refractivity contribution in [2.45, 2.75) is 38.2 Å². The first-order valence-electron chi connectivity index (χ1n) is 7.15. The fraction of sp³-hybridized carbons (Fsp3) is 0.438. The van der Waals surface area contributed by atoms with Crippen molar-refractivity contribution < 1.29 is 14.6 Å². The first-order valence-corrected chi connectivity index (χ1v) is 7.94. The highest BCUT2D eigenvalue weighted by molar-refractivity contribution is 9.10. The minimum atomic E-state index is -0.838. The van der Waals surface area contributed by atoms with E-state index in [0.29, 0.717) is 13.0 Å². The van der Waals surface area contributed by atoms with Gasteiger partial charge in [0, 0.05) is 15.8 Å². The summed E-state index contributed by atoms with van der Waals surface area (Å²) in [6, 6.07) is 6.08. The summed E-state index contributed by atoms with van der Waals surface area (Å²) < 4.78 is 6.99. The standard InChI is InChI=1S/C16H18BrNO3/c1-3-16(7-12(19)20)15-13(9(2)8-21-16)10-5-4-6-11(17)14(10)18-15/h4-6,9,18H,3,7-8H2,1-2H3,(H,19,20). The van der Waals surface area contributed by atoms with Gasteiger partial charge in [0.1, 0.15) is 5.60 Å². The summed E-state index contributed by atoms with van der Waals surface area (Å²) in [4.78, 5) is 14.7. The number of aromatic amines is 1. The first-order chi connectivity index (χ1) is 9.98. The molecule has 0 saturated heterocycles. The Morgan fingerprint density at radius 1 is 1.57 bits per heavy atom. The Morgan fingerprint density at radius 2 is 2.33 bits per heavy atom. The van der Waals surface area contributed by atoms with Gasteiger partial charge < -0.3 is 14.8 Å². The number of aromatic nitrogens is 1. The second kappa shape index (κ2) is 5.14. The number of halogens is 1. The van der Waals surface area contributed by atoms with Crippen LogP contribution in [-0.2, 0) is 15.1 Å². The zero-order valence-corrected chi connectivity index (χ0v) is 13.7. The second-order valence-corrected chi connectivity index (χ2v) is 6.56. The SMILES string of the molecule is CCC1(CC(=O)O)OCC(C)c2c1[nH]c1c(Br)cccc21. The number of hydrogen-bond donors (Lipinski definition) is 2. The monoisotopic (exact) mass is 351 g/mol. The second-order valence-electron chi connectivity index (χ2n) is 5.71. The molecule has 1 aliphatic rings. The molecule has 1 aromatic carbocycles. The van der Waals surface area contributed by atoms with Gasteiger partial charge >= 0.3 is 5.97 Å². The number of carbonyl (C=O) groups is 1. The van der Waals surface area contributed by atoms with Crippen LogP contribution in [0.5, 0.6) is 0 Å². The largest absolute Gasteiger partial charge is 0.481 e. The number of aliphatic carboxylic acids is 1. The molecule has 0 bridgehead atoms. The Labute approximate surface area is 131 Å². The molecule has 112 valence electrons. The number of H-pyrrole nitrogens is 1. The van der Waals surface area contributed by atoms with E-state index in [1.165, 1.54) is 5.56 Å². The molecule has 1 aliphatic heterocycles. The number of rotatable bonds is 3. The lowest BCUT2D eigenvalue weighted by Crippen LogP contribution is -2.38. The van der Waals surface area contributed by atoms with Crippen molar-refractivity contribution in [2.24, 2.45) is 0 Å². The van der Waals surface area contributed by atoms with E-state index >= 15 is 0 Å². The van der Waals surface area contributed by atoms with Gasteiger partial charge in [-0.1, -0.05) is 26.0 Å². The van der Waals surface area contributed by atoms with Crippen molar-refractivity contribution in [1.29, 1.82) is 0 Å². The van der Waals surface area contributed by atoms with Gasteiger partial charge in [-0.3, -0.25) is 4.79 Å². The van der Waals surface area contributed by atoms with E-state index in [9.17, 15) is 9.90 Å². The van der Waals surface area contributed by atoms with Gasteiger partial charge in [0.05, 0.1) is 24.2 Å². The van der Waals surface area contributed by atoms with Crippen LogP contribution in [0.4, 0.5) is 0 Å². The Morgan fingerprint density at radius 3 is 3.00 bits per heavy atom. The van der Waals surface area contributed by atoms with Gasteiger partial charge in [-0.25, -0.2) is 0 Å². The predicted molar refractivity (Wildman–Crippen MR) is 84.6 cm³/mol. The van der Waals surface area contributed by atoms with Gasteiger partial charge in [0.15, 0.2) is 0 Å². The molecule has 2 unspecified atom stereocenters. The summed E-state index contributed by atoms with van der Waals surface area (Å²) in [5.74, 6) is -0.591. The lowest BCUT2D eigenvalue weighted by atomic mass is 9.83. The van der Waals surface area contributed by atoms with Gasteiger partial charge in [-0.15, -0.1) is 0 Å². The first kappa shape index (κ1) is 14.6. The molecule has 3 rings (SSSR count). The van der Waals surface area contributed by atoms with Gasteiger partial charge in [-0.05, 0) is 34.0 Å². The average Bonchev–Trinajstić information content (AvgIpc) is 2.84. The summed E-state index contributed by atoms with van der Waals surface area (Å²) in [5.41, 5.74) is 2.38.